The molecule has 2 heterocycles. The highest BCUT2D eigenvalue weighted by molar-refractivity contribution is 8.00. The van der Waals surface area contributed by atoms with Crippen molar-refractivity contribution in [3.8, 4) is 6.07 Å². The predicted octanol–water partition coefficient (Wildman–Crippen LogP) is 5.05. The maximum Gasteiger partial charge on any atom is 0.234 e. The van der Waals surface area contributed by atoms with Crippen LogP contribution >= 0.6 is 11.8 Å². The minimum atomic E-state index is -0.0987. The van der Waals surface area contributed by atoms with Gasteiger partial charge >= 0.3 is 0 Å². The van der Waals surface area contributed by atoms with Gasteiger partial charge in [0.1, 0.15) is 11.1 Å². The van der Waals surface area contributed by atoms with Crippen LogP contribution in [0, 0.1) is 25.2 Å². The van der Waals surface area contributed by atoms with E-state index in [4.69, 9.17) is 4.98 Å². The van der Waals surface area contributed by atoms with Gasteiger partial charge in [-0.1, -0.05) is 36.0 Å². The molecule has 1 aliphatic heterocycles. The minimum absolute atomic E-state index is 0.0987. The molecular weight excluding hydrogens is 392 g/mol. The summed E-state index contributed by atoms with van der Waals surface area (Å²) in [5.41, 5.74) is 5.55. The van der Waals surface area contributed by atoms with Crippen LogP contribution in [0.1, 0.15) is 29.5 Å². The number of pyridine rings is 1. The monoisotopic (exact) mass is 416 g/mol. The Kier molecular flexibility index (Phi) is 5.91. The number of nitriles is 1. The van der Waals surface area contributed by atoms with Crippen molar-refractivity contribution in [3.05, 3.63) is 59.2 Å². The largest absolute Gasteiger partial charge is 0.370 e. The molecule has 1 fully saturated rings. The molecular formula is C24H24N4OS. The maximum absolute atomic E-state index is 12.7. The highest BCUT2D eigenvalue weighted by atomic mass is 32.2. The second kappa shape index (κ2) is 8.76. The molecule has 2 aromatic carbocycles. The topological polar surface area (TPSA) is 69.0 Å². The molecule has 3 aromatic rings. The van der Waals surface area contributed by atoms with Crippen LogP contribution in [0.4, 0.5) is 11.4 Å². The van der Waals surface area contributed by atoms with E-state index in [0.29, 0.717) is 10.6 Å². The van der Waals surface area contributed by atoms with Gasteiger partial charge in [-0.3, -0.25) is 4.79 Å². The molecule has 5 nitrogen and oxygen atoms in total. The predicted molar refractivity (Wildman–Crippen MR) is 123 cm³/mol. The zero-order valence-corrected chi connectivity index (χ0v) is 18.1. The lowest BCUT2D eigenvalue weighted by Crippen LogP contribution is -2.21. The molecule has 30 heavy (non-hydrogen) atoms. The van der Waals surface area contributed by atoms with E-state index in [1.54, 1.807) is 0 Å². The van der Waals surface area contributed by atoms with Crippen LogP contribution in [0.5, 0.6) is 0 Å². The first-order chi connectivity index (χ1) is 14.6. The van der Waals surface area contributed by atoms with E-state index < -0.39 is 0 Å². The van der Waals surface area contributed by atoms with Gasteiger partial charge in [-0.2, -0.15) is 5.26 Å². The Morgan fingerprint density at radius 3 is 2.73 bits per heavy atom. The number of benzene rings is 2. The van der Waals surface area contributed by atoms with Gasteiger partial charge in [0.05, 0.1) is 28.2 Å². The Bertz CT molecular complexity index is 1150. The molecule has 0 aliphatic carbocycles. The lowest BCUT2D eigenvalue weighted by atomic mass is 10.0. The summed E-state index contributed by atoms with van der Waals surface area (Å²) < 4.78 is 0. The smallest absolute Gasteiger partial charge is 0.234 e. The van der Waals surface area contributed by atoms with Crippen LogP contribution < -0.4 is 10.2 Å². The van der Waals surface area contributed by atoms with E-state index in [0.717, 1.165) is 46.5 Å². The highest BCUT2D eigenvalue weighted by Gasteiger charge is 2.17. The van der Waals surface area contributed by atoms with Gasteiger partial charge in [0.25, 0.3) is 0 Å². The summed E-state index contributed by atoms with van der Waals surface area (Å²) in [6.07, 6.45) is 2.36. The number of carbonyl (C=O) groups is 1. The number of rotatable bonds is 5. The lowest BCUT2D eigenvalue weighted by molar-refractivity contribution is -0.113. The van der Waals surface area contributed by atoms with Gasteiger partial charge in [-0.15, -0.1) is 0 Å². The Balaban J connectivity index is 1.51. The number of aryl methyl sites for hydroxylation is 2. The first-order valence-electron chi connectivity index (χ1n) is 10.1. The molecule has 0 bridgehead atoms. The number of hydrogen-bond acceptors (Lipinski definition) is 5. The summed E-state index contributed by atoms with van der Waals surface area (Å²) in [6.45, 7) is 6.12. The number of thioether (sulfide) groups is 1. The van der Waals surface area contributed by atoms with Crippen molar-refractivity contribution in [2.24, 2.45) is 0 Å². The number of para-hydroxylation sites is 2. The molecule has 0 unspecified atom stereocenters. The number of nitrogens with zero attached hydrogens (tertiary/aromatic N) is 3. The molecule has 0 spiro atoms. The first-order valence-corrected chi connectivity index (χ1v) is 11.1. The van der Waals surface area contributed by atoms with E-state index in [2.05, 4.69) is 22.4 Å². The number of hydrogen-bond donors (Lipinski definition) is 1. The fraction of sp³-hybridized carbons (Fsp3) is 0.292. The number of fused-ring (bicyclic) bond motifs is 1. The Morgan fingerprint density at radius 2 is 1.97 bits per heavy atom. The molecule has 0 saturated carbocycles. The minimum Gasteiger partial charge on any atom is -0.370 e. The molecule has 1 aliphatic rings. The summed E-state index contributed by atoms with van der Waals surface area (Å²) in [7, 11) is 0. The quantitative estimate of drug-likeness (QED) is 0.589. The standard InChI is InChI=1S/C24H24N4OS/c1-16-9-10-18-13-19(14-25)24(27-23(18)17(16)2)30-15-22(29)26-20-7-3-4-8-21(20)28-11-5-6-12-28/h3-4,7-10,13H,5-6,11-12,15H2,1-2H3,(H,26,29). The molecule has 6 heteroatoms. The van der Waals surface area contributed by atoms with Crippen molar-refractivity contribution in [3.63, 3.8) is 0 Å². The van der Waals surface area contributed by atoms with Gasteiger partial charge in [0, 0.05) is 18.5 Å². The van der Waals surface area contributed by atoms with Crippen molar-refractivity contribution in [2.75, 3.05) is 29.1 Å². The summed E-state index contributed by atoms with van der Waals surface area (Å²) in [6, 6.07) is 16.0. The first kappa shape index (κ1) is 20.2. The summed E-state index contributed by atoms with van der Waals surface area (Å²) in [4.78, 5) is 19.7. The second-order valence-electron chi connectivity index (χ2n) is 7.58. The van der Waals surface area contributed by atoms with Crippen LogP contribution in [-0.4, -0.2) is 29.7 Å². The Hall–Kier alpha value is -3.04. The normalized spacial score (nSPS) is 13.4. The van der Waals surface area contributed by atoms with Crippen LogP contribution in [0.25, 0.3) is 10.9 Å². The van der Waals surface area contributed by atoms with E-state index >= 15 is 0 Å². The van der Waals surface area contributed by atoms with Crippen LogP contribution in [0.2, 0.25) is 0 Å². The molecule has 1 saturated heterocycles. The Labute approximate surface area is 181 Å². The van der Waals surface area contributed by atoms with Gasteiger partial charge in [-0.05, 0) is 56.0 Å². The summed E-state index contributed by atoms with van der Waals surface area (Å²) >= 11 is 1.31. The summed E-state index contributed by atoms with van der Waals surface area (Å²) in [5.74, 6) is 0.102. The van der Waals surface area contributed by atoms with E-state index in [1.807, 2.05) is 50.2 Å². The molecule has 4 rings (SSSR count). The molecule has 1 N–H and O–H groups in total. The fourth-order valence-corrected chi connectivity index (χ4v) is 4.55. The third-order valence-corrected chi connectivity index (χ3v) is 6.55. The third-order valence-electron chi connectivity index (χ3n) is 5.56. The lowest BCUT2D eigenvalue weighted by Gasteiger charge is -2.21. The molecule has 0 atom stereocenters. The SMILES string of the molecule is Cc1ccc2cc(C#N)c(SCC(=O)Nc3ccccc3N3CCCC3)nc2c1C. The van der Waals surface area contributed by atoms with E-state index in [9.17, 15) is 10.1 Å². The van der Waals surface area contributed by atoms with Crippen molar-refractivity contribution < 1.29 is 4.79 Å². The van der Waals surface area contributed by atoms with Gasteiger partial charge in [0.2, 0.25) is 5.91 Å². The van der Waals surface area contributed by atoms with Crippen molar-refractivity contribution >= 4 is 39.9 Å². The highest BCUT2D eigenvalue weighted by Crippen LogP contribution is 2.30. The number of aromatic nitrogens is 1. The van der Waals surface area contributed by atoms with Crippen molar-refractivity contribution in [2.45, 2.75) is 31.7 Å². The molecule has 152 valence electrons. The fourth-order valence-electron chi connectivity index (χ4n) is 3.79. The number of anilines is 2. The number of carbonyl (C=O) groups excluding carboxylic acids is 1. The molecule has 1 aromatic heterocycles. The zero-order chi connectivity index (χ0) is 21.1. The van der Waals surface area contributed by atoms with Crippen LogP contribution in [0.3, 0.4) is 0 Å². The van der Waals surface area contributed by atoms with Crippen molar-refractivity contribution in [1.29, 1.82) is 5.26 Å². The zero-order valence-electron chi connectivity index (χ0n) is 17.2. The third kappa shape index (κ3) is 4.12. The van der Waals surface area contributed by atoms with Gasteiger partial charge in [-0.25, -0.2) is 4.98 Å². The number of amides is 1. The summed E-state index contributed by atoms with van der Waals surface area (Å²) in [5, 5.41) is 14.1. The van der Waals surface area contributed by atoms with Crippen LogP contribution in [0.15, 0.2) is 47.5 Å². The van der Waals surface area contributed by atoms with E-state index in [-0.39, 0.29) is 11.7 Å². The van der Waals surface area contributed by atoms with Crippen LogP contribution in [-0.2, 0) is 4.79 Å². The van der Waals surface area contributed by atoms with Gasteiger partial charge in [0.15, 0.2) is 0 Å². The average molecular weight is 417 g/mol. The average Bonchev–Trinajstić information content (AvgIpc) is 3.29. The molecule has 0 radical (unpaired) electrons. The maximum atomic E-state index is 12.7. The van der Waals surface area contributed by atoms with Crippen molar-refractivity contribution in [1.82, 2.24) is 4.98 Å². The van der Waals surface area contributed by atoms with E-state index in [1.165, 1.54) is 24.6 Å². The Morgan fingerprint density at radius 1 is 1.20 bits per heavy atom. The van der Waals surface area contributed by atoms with Gasteiger partial charge < -0.3 is 10.2 Å². The second-order valence-corrected chi connectivity index (χ2v) is 8.54. The molecule has 1 amide bonds. The number of nitrogens with one attached hydrogen (secondary N) is 1.